The largest absolute Gasteiger partial charge is 0.350 e. The summed E-state index contributed by atoms with van der Waals surface area (Å²) in [4.78, 5) is 37.0. The van der Waals surface area contributed by atoms with E-state index in [9.17, 15) is 9.59 Å². The molecule has 6 rings (SSSR count). The standard InChI is InChI=1S/C35H37N7O2/c1-2-3-15-31(43)37-27-18-16-26(17-19-27)34(44)41-22-9-7-13-28(24-41)38-35-36-21-20-29(39-35)32-30-14-8-10-23-42(30)40-33(32)25-11-5-4-6-12-25/h4-6,8,10-12,14,16-21,23,28H,2-3,7,9,13,15,22,24H2,1H3,(H,37,43)(H,36,38,39). The van der Waals surface area contributed by atoms with Gasteiger partial charge in [0, 0.05) is 54.8 Å². The van der Waals surface area contributed by atoms with Crippen LogP contribution >= 0.6 is 0 Å². The number of anilines is 2. The normalized spacial score (nSPS) is 15.1. The highest BCUT2D eigenvalue weighted by Crippen LogP contribution is 2.34. The minimum absolute atomic E-state index is 0.00322. The van der Waals surface area contributed by atoms with E-state index in [1.807, 2.05) is 58.1 Å². The molecule has 1 atom stereocenters. The Morgan fingerprint density at radius 2 is 1.77 bits per heavy atom. The minimum Gasteiger partial charge on any atom is -0.350 e. The number of aromatic nitrogens is 4. The van der Waals surface area contributed by atoms with Crippen LogP contribution in [0.2, 0.25) is 0 Å². The SMILES string of the molecule is CCCCC(=O)Nc1ccc(C(=O)N2CCCCC(Nc3nccc(-c4c(-c5ccccc5)nn5ccccc45)n3)C2)cc1. The predicted octanol–water partition coefficient (Wildman–Crippen LogP) is 6.69. The van der Waals surface area contributed by atoms with Gasteiger partial charge in [-0.1, -0.05) is 49.7 Å². The first-order chi connectivity index (χ1) is 21.6. The summed E-state index contributed by atoms with van der Waals surface area (Å²) < 4.78 is 1.88. The lowest BCUT2D eigenvalue weighted by atomic mass is 10.0. The predicted molar refractivity (Wildman–Crippen MR) is 173 cm³/mol. The molecule has 1 aliphatic heterocycles. The van der Waals surface area contributed by atoms with Crippen LogP contribution in [0.15, 0.2) is 91.3 Å². The fourth-order valence-corrected chi connectivity index (χ4v) is 5.68. The summed E-state index contributed by atoms with van der Waals surface area (Å²) in [7, 11) is 0. The van der Waals surface area contributed by atoms with Crippen LogP contribution in [-0.2, 0) is 4.79 Å². The second-order valence-corrected chi connectivity index (χ2v) is 11.2. The number of carbonyl (C=O) groups is 2. The quantitative estimate of drug-likeness (QED) is 0.199. The van der Waals surface area contributed by atoms with Gasteiger partial charge in [0.25, 0.3) is 5.91 Å². The molecule has 9 heteroatoms. The Morgan fingerprint density at radius 3 is 2.59 bits per heavy atom. The van der Waals surface area contributed by atoms with Gasteiger partial charge in [-0.25, -0.2) is 14.5 Å². The van der Waals surface area contributed by atoms with Crippen LogP contribution < -0.4 is 10.6 Å². The molecule has 1 fully saturated rings. The van der Waals surface area contributed by atoms with Crippen LogP contribution in [-0.4, -0.2) is 55.4 Å². The van der Waals surface area contributed by atoms with Crippen molar-refractivity contribution in [1.29, 1.82) is 0 Å². The van der Waals surface area contributed by atoms with E-state index in [2.05, 4.69) is 34.7 Å². The molecule has 1 aliphatic rings. The Kier molecular flexibility index (Phi) is 8.91. The second kappa shape index (κ2) is 13.5. The summed E-state index contributed by atoms with van der Waals surface area (Å²) in [5.74, 6) is 0.506. The molecule has 3 aromatic heterocycles. The highest BCUT2D eigenvalue weighted by Gasteiger charge is 2.24. The number of amides is 2. The fourth-order valence-electron chi connectivity index (χ4n) is 5.68. The van der Waals surface area contributed by atoms with Crippen LogP contribution in [0.25, 0.3) is 28.0 Å². The first kappa shape index (κ1) is 29.0. The molecule has 0 aliphatic carbocycles. The van der Waals surface area contributed by atoms with Crippen molar-refractivity contribution >= 4 is 29.0 Å². The van der Waals surface area contributed by atoms with Gasteiger partial charge >= 0.3 is 0 Å². The summed E-state index contributed by atoms with van der Waals surface area (Å²) in [6, 6.07) is 25.2. The Hall–Kier alpha value is -5.05. The maximum Gasteiger partial charge on any atom is 0.253 e. The summed E-state index contributed by atoms with van der Waals surface area (Å²) in [5, 5.41) is 11.3. The molecule has 5 aromatic rings. The van der Waals surface area contributed by atoms with Crippen molar-refractivity contribution in [2.24, 2.45) is 0 Å². The van der Waals surface area contributed by atoms with E-state index in [0.717, 1.165) is 60.1 Å². The van der Waals surface area contributed by atoms with E-state index < -0.39 is 0 Å². The number of unbranched alkanes of at least 4 members (excludes halogenated alkanes) is 1. The summed E-state index contributed by atoms with van der Waals surface area (Å²) in [6.07, 6.45) is 8.88. The smallest absolute Gasteiger partial charge is 0.253 e. The zero-order chi connectivity index (χ0) is 30.3. The molecule has 2 aromatic carbocycles. The lowest BCUT2D eigenvalue weighted by Crippen LogP contribution is -2.39. The monoisotopic (exact) mass is 587 g/mol. The number of hydrogen-bond acceptors (Lipinski definition) is 6. The van der Waals surface area contributed by atoms with Crippen molar-refractivity contribution in [3.8, 4) is 22.5 Å². The average Bonchev–Trinajstić information content (AvgIpc) is 3.30. The second-order valence-electron chi connectivity index (χ2n) is 11.2. The van der Waals surface area contributed by atoms with Crippen molar-refractivity contribution < 1.29 is 9.59 Å². The van der Waals surface area contributed by atoms with E-state index >= 15 is 0 Å². The number of likely N-dealkylation sites (tertiary alicyclic amines) is 1. The van der Waals surface area contributed by atoms with Gasteiger partial charge in [0.1, 0.15) is 5.69 Å². The minimum atomic E-state index is -0.0175. The zero-order valence-electron chi connectivity index (χ0n) is 24.9. The number of nitrogens with zero attached hydrogens (tertiary/aromatic N) is 5. The van der Waals surface area contributed by atoms with Crippen LogP contribution in [0.5, 0.6) is 0 Å². The molecule has 0 radical (unpaired) electrons. The van der Waals surface area contributed by atoms with Crippen molar-refractivity contribution in [3.05, 3.63) is 96.8 Å². The van der Waals surface area contributed by atoms with Gasteiger partial charge < -0.3 is 15.5 Å². The maximum atomic E-state index is 13.5. The molecule has 1 saturated heterocycles. The van der Waals surface area contributed by atoms with Crippen molar-refractivity contribution in [3.63, 3.8) is 0 Å². The number of pyridine rings is 1. The average molecular weight is 588 g/mol. The van der Waals surface area contributed by atoms with Gasteiger partial charge in [0.05, 0.1) is 16.8 Å². The van der Waals surface area contributed by atoms with E-state index in [4.69, 9.17) is 10.1 Å². The molecule has 44 heavy (non-hydrogen) atoms. The Balaban J connectivity index is 1.18. The molecule has 2 amide bonds. The lowest BCUT2D eigenvalue weighted by Gasteiger charge is -2.25. The van der Waals surface area contributed by atoms with Gasteiger partial charge in [-0.2, -0.15) is 5.10 Å². The molecule has 4 heterocycles. The molecule has 224 valence electrons. The topological polar surface area (TPSA) is 105 Å². The van der Waals surface area contributed by atoms with Gasteiger partial charge in [0.15, 0.2) is 0 Å². The van der Waals surface area contributed by atoms with Gasteiger partial charge in [-0.05, 0) is 68.1 Å². The Morgan fingerprint density at radius 1 is 0.955 bits per heavy atom. The molecular weight excluding hydrogens is 550 g/mol. The number of benzene rings is 2. The van der Waals surface area contributed by atoms with Gasteiger partial charge in [0.2, 0.25) is 11.9 Å². The Labute approximate surface area is 257 Å². The van der Waals surface area contributed by atoms with Crippen LogP contribution in [0, 0.1) is 0 Å². The van der Waals surface area contributed by atoms with E-state index in [0.29, 0.717) is 36.7 Å². The molecular formula is C35H37N7O2. The molecule has 0 saturated carbocycles. The molecule has 9 nitrogen and oxygen atoms in total. The zero-order valence-corrected chi connectivity index (χ0v) is 24.9. The number of nitrogens with one attached hydrogen (secondary N) is 2. The maximum absolute atomic E-state index is 13.5. The molecule has 0 bridgehead atoms. The molecule has 2 N–H and O–H groups in total. The third-order valence-corrected chi connectivity index (χ3v) is 7.96. The first-order valence-corrected chi connectivity index (χ1v) is 15.4. The fraction of sp³-hybridized carbons (Fsp3) is 0.286. The summed E-state index contributed by atoms with van der Waals surface area (Å²) in [5.41, 5.74) is 5.89. The number of hydrogen-bond donors (Lipinski definition) is 2. The van der Waals surface area contributed by atoms with Crippen LogP contribution in [0.4, 0.5) is 11.6 Å². The number of rotatable bonds is 9. The number of carbonyl (C=O) groups excluding carboxylic acids is 2. The van der Waals surface area contributed by atoms with Gasteiger partial charge in [-0.15, -0.1) is 0 Å². The molecule has 1 unspecified atom stereocenters. The first-order valence-electron chi connectivity index (χ1n) is 15.4. The third-order valence-electron chi connectivity index (χ3n) is 7.96. The third kappa shape index (κ3) is 6.62. The van der Waals surface area contributed by atoms with Crippen molar-refractivity contribution in [2.45, 2.75) is 51.5 Å². The van der Waals surface area contributed by atoms with E-state index in [1.54, 1.807) is 30.5 Å². The molecule has 0 spiro atoms. The highest BCUT2D eigenvalue weighted by atomic mass is 16.2. The number of fused-ring (bicyclic) bond motifs is 1. The van der Waals surface area contributed by atoms with Crippen molar-refractivity contribution in [2.75, 3.05) is 23.7 Å². The van der Waals surface area contributed by atoms with Gasteiger partial charge in [-0.3, -0.25) is 9.59 Å². The van der Waals surface area contributed by atoms with Crippen molar-refractivity contribution in [1.82, 2.24) is 24.5 Å². The summed E-state index contributed by atoms with van der Waals surface area (Å²) in [6.45, 7) is 3.30. The van der Waals surface area contributed by atoms with E-state index in [-0.39, 0.29) is 17.9 Å². The highest BCUT2D eigenvalue weighted by molar-refractivity contribution is 5.96. The lowest BCUT2D eigenvalue weighted by molar-refractivity contribution is -0.116. The summed E-state index contributed by atoms with van der Waals surface area (Å²) >= 11 is 0. The van der Waals surface area contributed by atoms with Crippen LogP contribution in [0.3, 0.4) is 0 Å². The van der Waals surface area contributed by atoms with Crippen LogP contribution in [0.1, 0.15) is 55.8 Å². The Bertz CT molecular complexity index is 1730. The van der Waals surface area contributed by atoms with E-state index in [1.165, 1.54) is 0 Å².